The molecule has 3 aromatic rings. The molecular weight excluding hydrogens is 410 g/mol. The van der Waals surface area contributed by atoms with Crippen LogP contribution in [0.2, 0.25) is 0 Å². The molecule has 1 aromatic carbocycles. The number of piperidine rings is 1. The van der Waals surface area contributed by atoms with Gasteiger partial charge in [-0.3, -0.25) is 4.90 Å². The number of nitrogens with zero attached hydrogens (tertiary/aromatic N) is 4. The molecule has 0 aliphatic carbocycles. The number of anilines is 1. The van der Waals surface area contributed by atoms with Crippen LogP contribution in [0.15, 0.2) is 48.7 Å². The molecule has 1 unspecified atom stereocenters. The third-order valence-electron chi connectivity index (χ3n) is 6.67. The maximum atomic E-state index is 10.7. The number of nitrogens with one attached hydrogen (secondary N) is 1. The number of aromatic nitrogens is 2. The number of benzene rings is 1. The Bertz CT molecular complexity index is 1010. The van der Waals surface area contributed by atoms with E-state index in [1.54, 1.807) is 6.20 Å². The van der Waals surface area contributed by atoms with Gasteiger partial charge in [-0.15, -0.1) is 0 Å². The first-order chi connectivity index (χ1) is 16.2. The van der Waals surface area contributed by atoms with Crippen LogP contribution in [0.4, 0.5) is 5.82 Å². The van der Waals surface area contributed by atoms with Crippen LogP contribution in [-0.4, -0.2) is 64.1 Å². The van der Waals surface area contributed by atoms with Crippen molar-refractivity contribution in [1.82, 2.24) is 19.8 Å². The fraction of sp³-hybridized carbons (Fsp3) is 0.481. The molecule has 0 saturated carbocycles. The van der Waals surface area contributed by atoms with Crippen molar-refractivity contribution < 1.29 is 5.11 Å². The summed E-state index contributed by atoms with van der Waals surface area (Å²) in [6.45, 7) is 10.3. The Morgan fingerprint density at radius 1 is 1.06 bits per heavy atom. The van der Waals surface area contributed by atoms with Crippen LogP contribution in [0.5, 0.6) is 0 Å². The molecule has 0 amide bonds. The predicted molar refractivity (Wildman–Crippen MR) is 136 cm³/mol. The SMILES string of the molecule is CCN(CC)C(O)c1ccc(-c2cc(NCCCN3CCCCC3)nc3ncccc23)cc1. The number of aliphatic hydroxyl groups is 1. The maximum absolute atomic E-state index is 10.7. The molecule has 0 radical (unpaired) electrons. The molecule has 176 valence electrons. The van der Waals surface area contributed by atoms with Crippen LogP contribution < -0.4 is 5.32 Å². The number of pyridine rings is 2. The third-order valence-corrected chi connectivity index (χ3v) is 6.67. The summed E-state index contributed by atoms with van der Waals surface area (Å²) in [6.07, 6.45) is 6.36. The summed E-state index contributed by atoms with van der Waals surface area (Å²) < 4.78 is 0. The van der Waals surface area contributed by atoms with Gasteiger partial charge in [0.15, 0.2) is 5.65 Å². The lowest BCUT2D eigenvalue weighted by Gasteiger charge is -2.26. The van der Waals surface area contributed by atoms with Crippen molar-refractivity contribution >= 4 is 16.9 Å². The number of hydrogen-bond donors (Lipinski definition) is 2. The van der Waals surface area contributed by atoms with Gasteiger partial charge in [-0.05, 0) is 86.9 Å². The van der Waals surface area contributed by atoms with Crippen molar-refractivity contribution in [3.8, 4) is 11.1 Å². The largest absolute Gasteiger partial charge is 0.374 e. The topological polar surface area (TPSA) is 64.5 Å². The number of aliphatic hydroxyl groups excluding tert-OH is 1. The van der Waals surface area contributed by atoms with Gasteiger partial charge in [-0.1, -0.05) is 44.5 Å². The van der Waals surface area contributed by atoms with E-state index in [1.165, 1.54) is 32.4 Å². The van der Waals surface area contributed by atoms with E-state index in [9.17, 15) is 5.11 Å². The smallest absolute Gasteiger partial charge is 0.162 e. The van der Waals surface area contributed by atoms with Gasteiger partial charge in [0.1, 0.15) is 12.0 Å². The molecule has 4 rings (SSSR count). The van der Waals surface area contributed by atoms with E-state index < -0.39 is 6.23 Å². The van der Waals surface area contributed by atoms with E-state index >= 15 is 0 Å². The average molecular weight is 448 g/mol. The molecule has 3 heterocycles. The summed E-state index contributed by atoms with van der Waals surface area (Å²) in [5, 5.41) is 15.2. The number of fused-ring (bicyclic) bond motifs is 1. The van der Waals surface area contributed by atoms with Crippen LogP contribution >= 0.6 is 0 Å². The second-order valence-electron chi connectivity index (χ2n) is 8.83. The Kier molecular flexibility index (Phi) is 8.26. The summed E-state index contributed by atoms with van der Waals surface area (Å²) in [5.41, 5.74) is 3.87. The highest BCUT2D eigenvalue weighted by Gasteiger charge is 2.15. The monoisotopic (exact) mass is 447 g/mol. The molecule has 0 spiro atoms. The summed E-state index contributed by atoms with van der Waals surface area (Å²) >= 11 is 0. The van der Waals surface area contributed by atoms with Crippen molar-refractivity contribution in [1.29, 1.82) is 0 Å². The van der Waals surface area contributed by atoms with Gasteiger partial charge < -0.3 is 15.3 Å². The molecule has 1 aliphatic rings. The second kappa shape index (κ2) is 11.5. The van der Waals surface area contributed by atoms with E-state index in [-0.39, 0.29) is 0 Å². The Hall–Kier alpha value is -2.54. The molecule has 1 atom stereocenters. The lowest BCUT2D eigenvalue weighted by molar-refractivity contribution is 0.00903. The van der Waals surface area contributed by atoms with Crippen molar-refractivity contribution in [2.75, 3.05) is 44.6 Å². The zero-order valence-electron chi connectivity index (χ0n) is 20.0. The van der Waals surface area contributed by atoms with Crippen molar-refractivity contribution in [3.63, 3.8) is 0 Å². The summed E-state index contributed by atoms with van der Waals surface area (Å²) in [5.74, 6) is 0.863. The van der Waals surface area contributed by atoms with E-state index in [0.717, 1.165) is 66.1 Å². The van der Waals surface area contributed by atoms with Crippen LogP contribution in [0.3, 0.4) is 0 Å². The Morgan fingerprint density at radius 3 is 2.55 bits per heavy atom. The quantitative estimate of drug-likeness (QED) is 0.340. The fourth-order valence-electron chi connectivity index (χ4n) is 4.70. The lowest BCUT2D eigenvalue weighted by atomic mass is 10.0. The predicted octanol–water partition coefficient (Wildman–Crippen LogP) is 4.92. The molecule has 6 heteroatoms. The van der Waals surface area contributed by atoms with Crippen molar-refractivity contribution in [2.24, 2.45) is 0 Å². The van der Waals surface area contributed by atoms with Crippen LogP contribution in [0.1, 0.15) is 51.3 Å². The Labute approximate surface area is 197 Å². The molecule has 2 aromatic heterocycles. The van der Waals surface area contributed by atoms with Gasteiger partial charge in [0.05, 0.1) is 0 Å². The third kappa shape index (κ3) is 5.88. The first-order valence-corrected chi connectivity index (χ1v) is 12.4. The standard InChI is InChI=1S/C27H37N5O/c1-3-32(4-2)27(33)22-13-11-21(12-14-22)24-20-25(30-26-23(24)10-8-15-29-26)28-16-9-19-31-17-6-5-7-18-31/h8,10-15,20,27,33H,3-7,9,16-19H2,1-2H3,(H,28,29,30). The molecule has 1 fully saturated rings. The van der Waals surface area contributed by atoms with Crippen molar-refractivity contribution in [2.45, 2.75) is 45.8 Å². The minimum absolute atomic E-state index is 0.581. The van der Waals surface area contributed by atoms with Gasteiger partial charge in [0.25, 0.3) is 0 Å². The molecule has 2 N–H and O–H groups in total. The van der Waals surface area contributed by atoms with E-state index in [0.29, 0.717) is 0 Å². The molecular formula is C27H37N5O. The molecule has 6 nitrogen and oxygen atoms in total. The number of rotatable bonds is 10. The van der Waals surface area contributed by atoms with E-state index in [2.05, 4.69) is 53.3 Å². The maximum Gasteiger partial charge on any atom is 0.162 e. The van der Waals surface area contributed by atoms with Crippen LogP contribution in [-0.2, 0) is 0 Å². The zero-order valence-corrected chi connectivity index (χ0v) is 20.0. The zero-order chi connectivity index (χ0) is 23.0. The highest BCUT2D eigenvalue weighted by atomic mass is 16.3. The highest BCUT2D eigenvalue weighted by Crippen LogP contribution is 2.30. The normalized spacial score (nSPS) is 15.8. The minimum atomic E-state index is -0.581. The first kappa shape index (κ1) is 23.6. The first-order valence-electron chi connectivity index (χ1n) is 12.4. The average Bonchev–Trinajstić information content (AvgIpc) is 2.87. The number of likely N-dealkylation sites (tertiary alicyclic amines) is 1. The van der Waals surface area contributed by atoms with Crippen molar-refractivity contribution in [3.05, 3.63) is 54.2 Å². The van der Waals surface area contributed by atoms with E-state index in [4.69, 9.17) is 4.98 Å². The van der Waals surface area contributed by atoms with Gasteiger partial charge >= 0.3 is 0 Å². The molecule has 1 aliphatic heterocycles. The van der Waals surface area contributed by atoms with Gasteiger partial charge in [-0.2, -0.15) is 0 Å². The number of hydrogen-bond acceptors (Lipinski definition) is 6. The minimum Gasteiger partial charge on any atom is -0.374 e. The lowest BCUT2D eigenvalue weighted by Crippen LogP contribution is -2.31. The van der Waals surface area contributed by atoms with Gasteiger partial charge in [0.2, 0.25) is 0 Å². The summed E-state index contributed by atoms with van der Waals surface area (Å²) in [7, 11) is 0. The summed E-state index contributed by atoms with van der Waals surface area (Å²) in [6, 6.07) is 14.4. The Balaban J connectivity index is 1.50. The molecule has 33 heavy (non-hydrogen) atoms. The summed E-state index contributed by atoms with van der Waals surface area (Å²) in [4.78, 5) is 13.9. The highest BCUT2D eigenvalue weighted by molar-refractivity contribution is 5.94. The Morgan fingerprint density at radius 2 is 1.82 bits per heavy atom. The fourth-order valence-corrected chi connectivity index (χ4v) is 4.70. The van der Waals surface area contributed by atoms with Crippen LogP contribution in [0.25, 0.3) is 22.2 Å². The van der Waals surface area contributed by atoms with Crippen LogP contribution in [0, 0.1) is 0 Å². The van der Waals surface area contributed by atoms with Gasteiger partial charge in [0, 0.05) is 18.1 Å². The van der Waals surface area contributed by atoms with E-state index in [1.807, 2.05) is 23.1 Å². The second-order valence-corrected chi connectivity index (χ2v) is 8.83. The molecule has 1 saturated heterocycles. The van der Waals surface area contributed by atoms with Gasteiger partial charge in [-0.25, -0.2) is 9.97 Å². The molecule has 0 bridgehead atoms.